The van der Waals surface area contributed by atoms with Gasteiger partial charge < -0.3 is 53.5 Å². The number of hydrogen-bond acceptors (Lipinski definition) is 11. The van der Waals surface area contributed by atoms with Crippen molar-refractivity contribution in [1.29, 1.82) is 0 Å². The van der Waals surface area contributed by atoms with Crippen LogP contribution in [0.5, 0.6) is 34.5 Å². The van der Waals surface area contributed by atoms with E-state index in [-0.39, 0.29) is 0 Å². The van der Waals surface area contributed by atoms with Crippen LogP contribution in [-0.4, -0.2) is 90.7 Å². The molecule has 15 nitrogen and oxygen atoms in total. The molecule has 1 unspecified atom stereocenters. The zero-order chi connectivity index (χ0) is 99.2. The lowest BCUT2D eigenvalue weighted by Crippen LogP contribution is -1.97. The van der Waals surface area contributed by atoms with Crippen molar-refractivity contribution in [2.45, 2.75) is 131 Å². The van der Waals surface area contributed by atoms with Crippen LogP contribution in [0.2, 0.25) is 0 Å². The van der Waals surface area contributed by atoms with Gasteiger partial charge in [-0.1, -0.05) is 198 Å². The van der Waals surface area contributed by atoms with E-state index >= 15 is 0 Å². The van der Waals surface area contributed by atoms with Gasteiger partial charge in [-0.05, 0) is 328 Å². The molecule has 0 saturated heterocycles. The van der Waals surface area contributed by atoms with Crippen LogP contribution in [0.1, 0.15) is 198 Å². The molecule has 0 radical (unpaired) electrons. The fraction of sp³-hybridized carbons (Fsp3) is 0.200. The second kappa shape index (κ2) is 46.7. The summed E-state index contributed by atoms with van der Waals surface area (Å²) in [5, 5.41) is 10.7. The first-order chi connectivity index (χ1) is 71.4. The maximum absolute atomic E-state index is 10.7. The van der Waals surface area contributed by atoms with E-state index in [4.69, 9.17) is 48.4 Å². The summed E-state index contributed by atoms with van der Waals surface area (Å²) < 4.78 is 37.5. The predicted molar refractivity (Wildman–Crippen MR) is 599 cm³/mol. The number of unbranched alkanes of at least 4 members (excludes halogenated alkanes) is 8. The number of aromatic amines is 4. The SMILES string of the molecule is C=CCCCCOc1ccc(-c2c3nc(c(-c4ccc(OCCCC)cc4)c4ccc([nH]4)c(-c4ccc(C#Cc5ccc(C#Cc6ccc(-c7c8nc(c(-c9ccc(OCCCC)cc9)c9ccc([nH]9)c(-c9ccc(OCCCCC=C)cc9)c9nc(c(-c%10ccc(OCCCC)cc%10)c%10ccc7[nH]%10)C=C9)C=C8)cc6)c(C#CC(C)O)c5)cc4)c4nc(c(-c5ccc(OCCCC)cc5)c5ccc2[nH]5)C=C4)C=C3)cc1. The summed E-state index contributed by atoms with van der Waals surface area (Å²) in [6.45, 7) is 21.9. The van der Waals surface area contributed by atoms with Gasteiger partial charge in [0.25, 0.3) is 0 Å². The number of rotatable bonds is 36. The van der Waals surface area contributed by atoms with E-state index in [0.29, 0.717) is 50.8 Å². The summed E-state index contributed by atoms with van der Waals surface area (Å²) in [4.78, 5) is 38.3. The maximum Gasteiger partial charge on any atom is 0.119 e. The van der Waals surface area contributed by atoms with Crippen LogP contribution in [0.4, 0.5) is 0 Å². The third kappa shape index (κ3) is 23.2. The molecule has 15 aromatic rings. The average molecular weight is 1900 g/mol. The second-order valence-corrected chi connectivity index (χ2v) is 36.6. The van der Waals surface area contributed by atoms with Gasteiger partial charge in [0.2, 0.25) is 0 Å². The van der Waals surface area contributed by atoms with Crippen molar-refractivity contribution in [3.63, 3.8) is 0 Å². The van der Waals surface area contributed by atoms with E-state index in [9.17, 15) is 5.11 Å². The molecule has 4 aliphatic heterocycles. The van der Waals surface area contributed by atoms with Crippen LogP contribution in [0.3, 0.4) is 0 Å². The molecular formula is C130H118N8O7. The molecule has 5 N–H and O–H groups in total. The Labute approximate surface area is 849 Å². The molecule has 19 rings (SSSR count). The van der Waals surface area contributed by atoms with Gasteiger partial charge in [-0.3, -0.25) is 0 Å². The summed E-state index contributed by atoms with van der Waals surface area (Å²) in [5.74, 6) is 25.0. The normalized spacial score (nSPS) is 11.8. The third-order valence-electron chi connectivity index (χ3n) is 26.0. The van der Waals surface area contributed by atoms with Crippen molar-refractivity contribution in [1.82, 2.24) is 39.9 Å². The molecule has 0 aliphatic carbocycles. The number of aromatic nitrogens is 8. The lowest BCUT2D eigenvalue weighted by atomic mass is 10.0. The Kier molecular flexibility index (Phi) is 31.2. The summed E-state index contributed by atoms with van der Waals surface area (Å²) in [5.41, 5.74) is 31.9. The van der Waals surface area contributed by atoms with Gasteiger partial charge in [-0.15, -0.1) is 13.2 Å². The van der Waals surface area contributed by atoms with Crippen molar-refractivity contribution in [2.75, 3.05) is 39.6 Å². The first kappa shape index (κ1) is 96.9. The van der Waals surface area contributed by atoms with Crippen molar-refractivity contribution >= 4 is 92.7 Å². The van der Waals surface area contributed by atoms with Crippen molar-refractivity contribution < 1.29 is 33.5 Å². The molecule has 6 aromatic heterocycles. The minimum atomic E-state index is -0.894. The minimum Gasteiger partial charge on any atom is -0.494 e. The lowest BCUT2D eigenvalue weighted by Gasteiger charge is -2.09. The molecule has 0 spiro atoms. The van der Waals surface area contributed by atoms with E-state index in [1.807, 2.05) is 54.6 Å². The number of nitrogens with one attached hydrogen (secondary N) is 4. The highest BCUT2D eigenvalue weighted by Gasteiger charge is 2.25. The van der Waals surface area contributed by atoms with E-state index in [2.05, 4.69) is 363 Å². The Morgan fingerprint density at radius 1 is 0.255 bits per heavy atom. The fourth-order valence-corrected chi connectivity index (χ4v) is 18.4. The molecule has 10 heterocycles. The van der Waals surface area contributed by atoms with E-state index in [1.165, 1.54) is 0 Å². The molecule has 720 valence electrons. The highest BCUT2D eigenvalue weighted by Crippen LogP contribution is 2.44. The average Bonchev–Trinajstić information content (AvgIpc) is 1.61. The molecular weight excluding hydrogens is 1790 g/mol. The minimum absolute atomic E-state index is 0.621. The maximum atomic E-state index is 10.7. The van der Waals surface area contributed by atoms with Gasteiger partial charge in [0, 0.05) is 116 Å². The molecule has 1 atom stereocenters. The number of H-pyrrole nitrogens is 4. The number of hydrogen-bond donors (Lipinski definition) is 5. The number of aliphatic hydroxyl groups excluding tert-OH is 1. The van der Waals surface area contributed by atoms with Crippen molar-refractivity contribution in [3.8, 4) is 159 Å². The second-order valence-electron chi connectivity index (χ2n) is 36.6. The Bertz CT molecular complexity index is 7850. The third-order valence-corrected chi connectivity index (χ3v) is 26.0. The van der Waals surface area contributed by atoms with Crippen LogP contribution in [0, 0.1) is 35.5 Å². The fourth-order valence-electron chi connectivity index (χ4n) is 18.4. The van der Waals surface area contributed by atoms with Crippen LogP contribution in [-0.2, 0) is 0 Å². The Morgan fingerprint density at radius 3 is 0.697 bits per heavy atom. The summed E-state index contributed by atoms with van der Waals surface area (Å²) in [7, 11) is 0. The zero-order valence-corrected chi connectivity index (χ0v) is 82.9. The Balaban J connectivity index is 0.682. The largest absolute Gasteiger partial charge is 0.494 e. The summed E-state index contributed by atoms with van der Waals surface area (Å²) in [6.07, 6.45) is 33.8. The monoisotopic (exact) mass is 1900 g/mol. The van der Waals surface area contributed by atoms with Gasteiger partial charge in [0.1, 0.15) is 40.6 Å². The first-order valence-electron chi connectivity index (χ1n) is 50.9. The zero-order valence-electron chi connectivity index (χ0n) is 82.9. The Hall–Kier alpha value is -16.9. The molecule has 4 aliphatic rings. The smallest absolute Gasteiger partial charge is 0.119 e. The molecule has 145 heavy (non-hydrogen) atoms. The number of aliphatic hydroxyl groups is 1. The lowest BCUT2D eigenvalue weighted by molar-refractivity contribution is 0.253. The topological polar surface area (TPSA) is 190 Å². The first-order valence-corrected chi connectivity index (χ1v) is 50.9. The highest BCUT2D eigenvalue weighted by molar-refractivity contribution is 6.03. The molecule has 0 amide bonds. The van der Waals surface area contributed by atoms with E-state index < -0.39 is 6.10 Å². The number of ether oxygens (including phenoxy) is 6. The van der Waals surface area contributed by atoms with Crippen LogP contribution >= 0.6 is 0 Å². The number of nitrogens with zero attached hydrogens (tertiary/aromatic N) is 4. The van der Waals surface area contributed by atoms with E-state index in [1.54, 1.807) is 6.92 Å². The van der Waals surface area contributed by atoms with E-state index in [0.717, 1.165) is 320 Å². The van der Waals surface area contributed by atoms with Crippen LogP contribution in [0.15, 0.2) is 286 Å². The summed E-state index contributed by atoms with van der Waals surface area (Å²) in [6, 6.07) is 89.9. The molecule has 15 heteroatoms. The number of fused-ring (bicyclic) bond motifs is 16. The van der Waals surface area contributed by atoms with Crippen LogP contribution in [0.25, 0.3) is 182 Å². The number of allylic oxidation sites excluding steroid dienone is 2. The van der Waals surface area contributed by atoms with Gasteiger partial charge >= 0.3 is 0 Å². The van der Waals surface area contributed by atoms with Gasteiger partial charge in [-0.2, -0.15) is 0 Å². The van der Waals surface area contributed by atoms with Crippen molar-refractivity contribution in [3.05, 3.63) is 360 Å². The van der Waals surface area contributed by atoms with Crippen molar-refractivity contribution in [2.24, 2.45) is 0 Å². The number of benzene rings is 9. The standard InChI is InChI=1S/C130H118N8O7/c1-8-14-20-22-84-144-105-60-48-98(49-61-105)129-119-76-72-115(135-119)125(94-40-52-101(53-41-94)140-80-16-10-3)111-68-64-107(131-111)123(108-65-69-112(132-108)126(116-73-77-120(129)136-116)95-42-54-102(55-43-95)141-81-17-11-4)92-36-28-88(29-37-92)25-26-90-32-35-91(100(86-90)33-24-87(7)139)34-27-89-30-38-93(39-31-89)124-109-66-70-113(133-109)127(96-44-56-103(57-45-96)142-82-18-12-5)117-74-78-121(137-117)130(99-50-62-106(63-51-99)145-85-23-21-15-9-2)122-79-75-118(138-122)128(114-71-67-110(124)134-114)97-46-58-104(59-47-97)143-83-19-13-6/h8-9,28-32,35-79,86-87,131,133,136,138-139H,1-2,10-23,80-85H2,3-7H3. The Morgan fingerprint density at radius 2 is 0.469 bits per heavy atom. The quantitative estimate of drug-likeness (QED) is 0.0143. The van der Waals surface area contributed by atoms with Crippen LogP contribution < -0.4 is 28.4 Å². The van der Waals surface area contributed by atoms with Gasteiger partial charge in [-0.25, -0.2) is 19.9 Å². The predicted octanol–water partition coefficient (Wildman–Crippen LogP) is 31.7. The molecule has 0 saturated carbocycles. The molecule has 0 fully saturated rings. The summed E-state index contributed by atoms with van der Waals surface area (Å²) >= 11 is 0. The molecule has 16 bridgehead atoms. The highest BCUT2D eigenvalue weighted by atomic mass is 16.5. The van der Waals surface area contributed by atoms with Gasteiger partial charge in [0.15, 0.2) is 0 Å². The van der Waals surface area contributed by atoms with Gasteiger partial charge in [0.05, 0.1) is 85.2 Å². The molecule has 9 aromatic carbocycles.